The van der Waals surface area contributed by atoms with Crippen LogP contribution in [0.3, 0.4) is 0 Å². The Hall–Kier alpha value is -0.260. The molecule has 0 amide bonds. The van der Waals surface area contributed by atoms with E-state index in [0.717, 1.165) is 12.3 Å². The molecule has 1 rings (SSSR count). The number of unbranched alkanes of at least 4 members (excludes halogenated alkanes) is 2. The van der Waals surface area contributed by atoms with E-state index in [1.54, 1.807) is 0 Å². The van der Waals surface area contributed by atoms with Gasteiger partial charge in [-0.25, -0.2) is 0 Å². The average molecular weight is 151 g/mol. The highest BCUT2D eigenvalue weighted by Gasteiger charge is 2.06. The summed E-state index contributed by atoms with van der Waals surface area (Å²) in [7, 11) is 0. The maximum atomic E-state index is 3.85. The molecule has 0 heterocycles. The summed E-state index contributed by atoms with van der Waals surface area (Å²) in [5.41, 5.74) is 0. The van der Waals surface area contributed by atoms with E-state index in [4.69, 9.17) is 0 Å². The Bertz CT molecular complexity index is 113. The first-order chi connectivity index (χ1) is 5.43. The van der Waals surface area contributed by atoms with Gasteiger partial charge in [0.25, 0.3) is 0 Å². The minimum absolute atomic E-state index is 0.898. The quantitative estimate of drug-likeness (QED) is 0.424. The Morgan fingerprint density at radius 2 is 2.27 bits per heavy atom. The normalized spacial score (nSPS) is 23.9. The third kappa shape index (κ3) is 3.60. The van der Waals surface area contributed by atoms with E-state index in [2.05, 4.69) is 19.1 Å². The van der Waals surface area contributed by atoms with Crippen molar-refractivity contribution in [3.8, 4) is 0 Å². The fraction of sp³-hybridized carbons (Fsp3) is 0.727. The van der Waals surface area contributed by atoms with Gasteiger partial charge in [-0.1, -0.05) is 38.3 Å². The van der Waals surface area contributed by atoms with Gasteiger partial charge in [-0.3, -0.25) is 0 Å². The lowest BCUT2D eigenvalue weighted by Crippen LogP contribution is -2.00. The molecule has 1 radical (unpaired) electrons. The van der Waals surface area contributed by atoms with E-state index >= 15 is 0 Å². The molecule has 0 heteroatoms. The summed E-state index contributed by atoms with van der Waals surface area (Å²) in [4.78, 5) is 0. The van der Waals surface area contributed by atoms with Gasteiger partial charge in [-0.15, -0.1) is 0 Å². The van der Waals surface area contributed by atoms with E-state index < -0.39 is 0 Å². The van der Waals surface area contributed by atoms with E-state index in [1.165, 1.54) is 38.5 Å². The predicted octanol–water partition coefficient (Wildman–Crippen LogP) is 3.74. The van der Waals surface area contributed by atoms with Crippen LogP contribution in [0.25, 0.3) is 0 Å². The first-order valence-corrected chi connectivity index (χ1v) is 4.89. The molecule has 0 aromatic heterocycles. The molecule has 0 nitrogen and oxygen atoms in total. The maximum absolute atomic E-state index is 3.85. The van der Waals surface area contributed by atoms with Crippen molar-refractivity contribution in [1.82, 2.24) is 0 Å². The first kappa shape index (κ1) is 8.83. The van der Waals surface area contributed by atoms with Crippen LogP contribution in [0.15, 0.2) is 12.2 Å². The lowest BCUT2D eigenvalue weighted by atomic mass is 9.91. The van der Waals surface area contributed by atoms with Gasteiger partial charge in [-0.05, 0) is 31.6 Å². The fourth-order valence-corrected chi connectivity index (χ4v) is 1.71. The van der Waals surface area contributed by atoms with Crippen molar-refractivity contribution in [2.75, 3.05) is 0 Å². The molecule has 0 bridgehead atoms. The molecular weight excluding hydrogens is 132 g/mol. The standard InChI is InChI=1S/C11H19/c1-2-3-5-8-11-9-6-4-7-10-11/h6,9,11H,1-5,7-8,10H2. The SMILES string of the molecule is [CH2]CCCCC1C=CCCC1. The number of hydrogen-bond acceptors (Lipinski definition) is 0. The molecule has 0 aliphatic heterocycles. The molecule has 0 saturated heterocycles. The monoisotopic (exact) mass is 151 g/mol. The summed E-state index contributed by atoms with van der Waals surface area (Å²) >= 11 is 0. The molecule has 1 aliphatic carbocycles. The van der Waals surface area contributed by atoms with Gasteiger partial charge >= 0.3 is 0 Å². The Morgan fingerprint density at radius 3 is 2.91 bits per heavy atom. The lowest BCUT2D eigenvalue weighted by Gasteiger charge is -2.15. The second-order valence-electron chi connectivity index (χ2n) is 3.47. The van der Waals surface area contributed by atoms with Crippen LogP contribution >= 0.6 is 0 Å². The zero-order chi connectivity index (χ0) is 7.94. The molecule has 0 spiro atoms. The van der Waals surface area contributed by atoms with Crippen molar-refractivity contribution >= 4 is 0 Å². The van der Waals surface area contributed by atoms with Crippen LogP contribution in [0, 0.1) is 12.8 Å². The van der Waals surface area contributed by atoms with Gasteiger partial charge < -0.3 is 0 Å². The van der Waals surface area contributed by atoms with E-state index in [0.29, 0.717) is 0 Å². The van der Waals surface area contributed by atoms with Crippen LogP contribution in [0.4, 0.5) is 0 Å². The van der Waals surface area contributed by atoms with Crippen molar-refractivity contribution in [3.63, 3.8) is 0 Å². The van der Waals surface area contributed by atoms with Crippen molar-refractivity contribution in [2.45, 2.75) is 44.9 Å². The van der Waals surface area contributed by atoms with Crippen LogP contribution < -0.4 is 0 Å². The summed E-state index contributed by atoms with van der Waals surface area (Å²) in [6.07, 6.45) is 14.1. The van der Waals surface area contributed by atoms with Gasteiger partial charge in [0.05, 0.1) is 0 Å². The highest BCUT2D eigenvalue weighted by Crippen LogP contribution is 2.22. The second kappa shape index (κ2) is 5.40. The lowest BCUT2D eigenvalue weighted by molar-refractivity contribution is 0.481. The fourth-order valence-electron chi connectivity index (χ4n) is 1.71. The Balaban J connectivity index is 2.05. The summed E-state index contributed by atoms with van der Waals surface area (Å²) in [5, 5.41) is 0. The molecular formula is C11H19. The number of allylic oxidation sites excluding steroid dienone is 2. The second-order valence-corrected chi connectivity index (χ2v) is 3.47. The molecule has 1 atom stereocenters. The van der Waals surface area contributed by atoms with Crippen LogP contribution in [0.2, 0.25) is 0 Å². The highest BCUT2D eigenvalue weighted by molar-refractivity contribution is 4.92. The number of hydrogen-bond donors (Lipinski definition) is 0. The average Bonchev–Trinajstić information content (AvgIpc) is 2.07. The van der Waals surface area contributed by atoms with Crippen molar-refractivity contribution in [3.05, 3.63) is 19.1 Å². The molecule has 0 aromatic carbocycles. The molecule has 63 valence electrons. The van der Waals surface area contributed by atoms with Crippen LogP contribution in [-0.4, -0.2) is 0 Å². The van der Waals surface area contributed by atoms with Gasteiger partial charge in [-0.2, -0.15) is 0 Å². The third-order valence-electron chi connectivity index (χ3n) is 2.43. The minimum atomic E-state index is 0.898. The van der Waals surface area contributed by atoms with Gasteiger partial charge in [0.1, 0.15) is 0 Å². The molecule has 1 unspecified atom stereocenters. The van der Waals surface area contributed by atoms with Gasteiger partial charge in [0.15, 0.2) is 0 Å². The predicted molar refractivity (Wildman–Crippen MR) is 50.3 cm³/mol. The highest BCUT2D eigenvalue weighted by atomic mass is 14.1. The molecule has 0 fully saturated rings. The van der Waals surface area contributed by atoms with Crippen molar-refractivity contribution in [2.24, 2.45) is 5.92 Å². The summed E-state index contributed by atoms with van der Waals surface area (Å²) in [6.45, 7) is 3.85. The van der Waals surface area contributed by atoms with Crippen LogP contribution in [0.5, 0.6) is 0 Å². The zero-order valence-electron chi connectivity index (χ0n) is 7.39. The maximum Gasteiger partial charge on any atom is -0.0233 e. The smallest absolute Gasteiger partial charge is 0.0233 e. The third-order valence-corrected chi connectivity index (χ3v) is 2.43. The molecule has 11 heavy (non-hydrogen) atoms. The molecule has 1 aliphatic rings. The largest absolute Gasteiger partial charge is 0.0883 e. The Morgan fingerprint density at radius 1 is 1.36 bits per heavy atom. The zero-order valence-corrected chi connectivity index (χ0v) is 7.39. The van der Waals surface area contributed by atoms with Gasteiger partial charge in [0, 0.05) is 0 Å². The van der Waals surface area contributed by atoms with Crippen molar-refractivity contribution < 1.29 is 0 Å². The van der Waals surface area contributed by atoms with Gasteiger partial charge in [0.2, 0.25) is 0 Å². The molecule has 0 N–H and O–H groups in total. The summed E-state index contributed by atoms with van der Waals surface area (Å²) < 4.78 is 0. The van der Waals surface area contributed by atoms with Crippen LogP contribution in [0.1, 0.15) is 44.9 Å². The first-order valence-electron chi connectivity index (χ1n) is 4.89. The molecule has 0 saturated carbocycles. The molecule has 0 aromatic rings. The number of rotatable bonds is 4. The Labute approximate surface area is 70.7 Å². The van der Waals surface area contributed by atoms with Crippen molar-refractivity contribution in [1.29, 1.82) is 0 Å². The minimum Gasteiger partial charge on any atom is -0.0883 e. The van der Waals surface area contributed by atoms with E-state index in [9.17, 15) is 0 Å². The topological polar surface area (TPSA) is 0 Å². The summed E-state index contributed by atoms with van der Waals surface area (Å²) in [6, 6.07) is 0. The Kier molecular flexibility index (Phi) is 4.33. The van der Waals surface area contributed by atoms with Crippen LogP contribution in [-0.2, 0) is 0 Å². The van der Waals surface area contributed by atoms with E-state index in [-0.39, 0.29) is 0 Å². The van der Waals surface area contributed by atoms with E-state index in [1.807, 2.05) is 0 Å². The summed E-state index contributed by atoms with van der Waals surface area (Å²) in [5.74, 6) is 0.898.